The van der Waals surface area contributed by atoms with E-state index in [-0.39, 0.29) is 18.2 Å². The van der Waals surface area contributed by atoms with Crippen molar-refractivity contribution < 1.29 is 17.6 Å². The Hall–Kier alpha value is -2.14. The zero-order valence-electron chi connectivity index (χ0n) is 16.4. The van der Waals surface area contributed by atoms with Crippen molar-refractivity contribution in [2.75, 3.05) is 29.4 Å². The molecule has 0 N–H and O–H groups in total. The second-order valence-corrected chi connectivity index (χ2v) is 9.78. The number of thioether (sulfide) groups is 1. The molecule has 158 valence electrons. The van der Waals surface area contributed by atoms with E-state index >= 15 is 0 Å². The van der Waals surface area contributed by atoms with Gasteiger partial charge in [-0.3, -0.25) is 9.10 Å². The van der Waals surface area contributed by atoms with E-state index in [1.165, 1.54) is 36.0 Å². The van der Waals surface area contributed by atoms with Gasteiger partial charge < -0.3 is 9.47 Å². The Labute approximate surface area is 174 Å². The first-order valence-corrected chi connectivity index (χ1v) is 12.1. The summed E-state index contributed by atoms with van der Waals surface area (Å²) in [6.45, 7) is 1.55. The number of piperidine rings is 1. The molecule has 2 aromatic rings. The molecule has 1 fully saturated rings. The largest absolute Gasteiger partial charge is 0.342 e. The molecule has 1 aliphatic heterocycles. The van der Waals surface area contributed by atoms with E-state index in [9.17, 15) is 17.6 Å². The van der Waals surface area contributed by atoms with E-state index in [1.807, 2.05) is 4.90 Å². The Morgan fingerprint density at radius 1 is 1.17 bits per heavy atom. The van der Waals surface area contributed by atoms with Crippen LogP contribution in [0.25, 0.3) is 0 Å². The average Bonchev–Trinajstić information content (AvgIpc) is 3.04. The molecule has 0 unspecified atom stereocenters. The van der Waals surface area contributed by atoms with Crippen LogP contribution in [0.1, 0.15) is 25.1 Å². The summed E-state index contributed by atoms with van der Waals surface area (Å²) in [5.41, 5.74) is 0.339. The lowest BCUT2D eigenvalue weighted by Gasteiger charge is -2.26. The SMILES string of the molecule is Cn1c(CN(c2ccc(F)cc2)S(C)(=O)=O)nnc1SCC(=O)N1CCCCC1. The van der Waals surface area contributed by atoms with Crippen molar-refractivity contribution in [1.82, 2.24) is 19.7 Å². The Kier molecular flexibility index (Phi) is 6.78. The molecule has 3 rings (SSSR count). The Morgan fingerprint density at radius 3 is 2.45 bits per heavy atom. The molecule has 0 bridgehead atoms. The van der Waals surface area contributed by atoms with Gasteiger partial charge in [0.1, 0.15) is 5.82 Å². The molecule has 2 heterocycles. The molecule has 11 heteroatoms. The van der Waals surface area contributed by atoms with Gasteiger partial charge in [-0.25, -0.2) is 12.8 Å². The van der Waals surface area contributed by atoms with Gasteiger partial charge in [0.25, 0.3) is 0 Å². The van der Waals surface area contributed by atoms with E-state index in [2.05, 4.69) is 10.2 Å². The lowest BCUT2D eigenvalue weighted by atomic mass is 10.1. The molecule has 0 aliphatic carbocycles. The van der Waals surface area contributed by atoms with E-state index in [1.54, 1.807) is 11.6 Å². The molecule has 29 heavy (non-hydrogen) atoms. The summed E-state index contributed by atoms with van der Waals surface area (Å²) in [5, 5.41) is 8.73. The van der Waals surface area contributed by atoms with Crippen LogP contribution in [0.5, 0.6) is 0 Å². The molecule has 0 spiro atoms. The number of amides is 1. The third-order valence-electron chi connectivity index (χ3n) is 4.76. The maximum Gasteiger partial charge on any atom is 0.233 e. The molecule has 1 aliphatic rings. The number of hydrogen-bond donors (Lipinski definition) is 0. The quantitative estimate of drug-likeness (QED) is 0.611. The van der Waals surface area contributed by atoms with Crippen LogP contribution in [0.3, 0.4) is 0 Å². The number of sulfonamides is 1. The van der Waals surface area contributed by atoms with Gasteiger partial charge in [-0.1, -0.05) is 11.8 Å². The van der Waals surface area contributed by atoms with Gasteiger partial charge >= 0.3 is 0 Å². The summed E-state index contributed by atoms with van der Waals surface area (Å²) in [4.78, 5) is 14.2. The fourth-order valence-electron chi connectivity index (χ4n) is 3.11. The van der Waals surface area contributed by atoms with Gasteiger partial charge in [0.15, 0.2) is 11.0 Å². The van der Waals surface area contributed by atoms with Crippen molar-refractivity contribution in [2.24, 2.45) is 7.05 Å². The molecule has 1 saturated heterocycles. The van der Waals surface area contributed by atoms with Crippen molar-refractivity contribution in [1.29, 1.82) is 0 Å². The summed E-state index contributed by atoms with van der Waals surface area (Å²) in [6, 6.07) is 5.22. The van der Waals surface area contributed by atoms with Crippen molar-refractivity contribution >= 4 is 33.4 Å². The van der Waals surface area contributed by atoms with Gasteiger partial charge in [-0.15, -0.1) is 10.2 Å². The number of carbonyl (C=O) groups is 1. The fraction of sp³-hybridized carbons (Fsp3) is 0.500. The molecule has 8 nitrogen and oxygen atoms in total. The highest BCUT2D eigenvalue weighted by molar-refractivity contribution is 7.99. The van der Waals surface area contributed by atoms with Crippen LogP contribution in [-0.4, -0.2) is 59.1 Å². The van der Waals surface area contributed by atoms with E-state index in [4.69, 9.17) is 0 Å². The number of hydrogen-bond acceptors (Lipinski definition) is 6. The molecule has 1 aromatic carbocycles. The summed E-state index contributed by atoms with van der Waals surface area (Å²) in [6.07, 6.45) is 4.32. The van der Waals surface area contributed by atoms with Crippen LogP contribution in [0, 0.1) is 5.82 Å². The smallest absolute Gasteiger partial charge is 0.233 e. The van der Waals surface area contributed by atoms with E-state index < -0.39 is 15.8 Å². The number of anilines is 1. The second-order valence-electron chi connectivity index (χ2n) is 6.93. The molecule has 1 amide bonds. The first kappa shape index (κ1) is 21.6. The maximum absolute atomic E-state index is 13.2. The summed E-state index contributed by atoms with van der Waals surface area (Å²) < 4.78 is 40.5. The zero-order chi connectivity index (χ0) is 21.0. The number of likely N-dealkylation sites (tertiary alicyclic amines) is 1. The second kappa shape index (κ2) is 9.12. The van der Waals surface area contributed by atoms with E-state index in [0.717, 1.165) is 42.9 Å². The van der Waals surface area contributed by atoms with Gasteiger partial charge in [-0.2, -0.15) is 0 Å². The van der Waals surface area contributed by atoms with Gasteiger partial charge in [0, 0.05) is 20.1 Å². The third kappa shape index (κ3) is 5.47. The van der Waals surface area contributed by atoms with E-state index in [0.29, 0.717) is 16.7 Å². The average molecular weight is 442 g/mol. The number of nitrogens with zero attached hydrogens (tertiary/aromatic N) is 5. The number of aromatic nitrogens is 3. The van der Waals surface area contributed by atoms with Gasteiger partial charge in [0.2, 0.25) is 15.9 Å². The van der Waals surface area contributed by atoms with Gasteiger partial charge in [-0.05, 0) is 43.5 Å². The summed E-state index contributed by atoms with van der Waals surface area (Å²) in [7, 11) is -1.88. The number of halogens is 1. The van der Waals surface area contributed by atoms with Gasteiger partial charge in [0.05, 0.1) is 24.2 Å². The standard InChI is InChI=1S/C18H24FN5O3S2/c1-22-16(12-24(29(2,26)27)15-8-6-14(19)7-9-15)20-21-18(22)28-13-17(25)23-10-4-3-5-11-23/h6-9H,3-5,10-13H2,1-2H3. The zero-order valence-corrected chi connectivity index (χ0v) is 18.0. The summed E-state index contributed by atoms with van der Waals surface area (Å²) >= 11 is 1.28. The first-order valence-electron chi connectivity index (χ1n) is 9.28. The predicted octanol–water partition coefficient (Wildman–Crippen LogP) is 2.03. The Balaban J connectivity index is 1.70. The normalized spacial score (nSPS) is 14.8. The lowest BCUT2D eigenvalue weighted by Crippen LogP contribution is -2.36. The number of rotatable bonds is 7. The van der Waals surface area contributed by atoms with Crippen LogP contribution in [0.4, 0.5) is 10.1 Å². The van der Waals surface area contributed by atoms with Crippen molar-refractivity contribution in [3.63, 3.8) is 0 Å². The molecular weight excluding hydrogens is 417 g/mol. The lowest BCUT2D eigenvalue weighted by molar-refractivity contribution is -0.129. The minimum Gasteiger partial charge on any atom is -0.342 e. The molecule has 1 aromatic heterocycles. The molecular formula is C18H24FN5O3S2. The molecule has 0 radical (unpaired) electrons. The molecule has 0 saturated carbocycles. The Bertz CT molecular complexity index is 956. The maximum atomic E-state index is 13.2. The highest BCUT2D eigenvalue weighted by atomic mass is 32.2. The van der Waals surface area contributed by atoms with Crippen molar-refractivity contribution in [3.8, 4) is 0 Å². The predicted molar refractivity (Wildman–Crippen MR) is 110 cm³/mol. The highest BCUT2D eigenvalue weighted by Gasteiger charge is 2.22. The van der Waals surface area contributed by atoms with Crippen LogP contribution in [-0.2, 0) is 28.4 Å². The van der Waals surface area contributed by atoms with Crippen LogP contribution >= 0.6 is 11.8 Å². The summed E-state index contributed by atoms with van der Waals surface area (Å²) in [5.74, 6) is 0.314. The van der Waals surface area contributed by atoms with Crippen LogP contribution in [0.15, 0.2) is 29.4 Å². The first-order chi connectivity index (χ1) is 13.8. The highest BCUT2D eigenvalue weighted by Crippen LogP contribution is 2.23. The van der Waals surface area contributed by atoms with Crippen molar-refractivity contribution in [3.05, 3.63) is 35.9 Å². The molecule has 0 atom stereocenters. The topological polar surface area (TPSA) is 88.4 Å². The monoisotopic (exact) mass is 441 g/mol. The number of carbonyl (C=O) groups excluding carboxylic acids is 1. The minimum absolute atomic E-state index is 0.0470. The third-order valence-corrected chi connectivity index (χ3v) is 6.90. The Morgan fingerprint density at radius 2 is 1.83 bits per heavy atom. The van der Waals surface area contributed by atoms with Crippen LogP contribution in [0.2, 0.25) is 0 Å². The van der Waals surface area contributed by atoms with Crippen molar-refractivity contribution in [2.45, 2.75) is 31.0 Å². The minimum atomic E-state index is -3.61. The fourth-order valence-corrected chi connectivity index (χ4v) is 4.79. The number of benzene rings is 1. The van der Waals surface area contributed by atoms with Crippen LogP contribution < -0.4 is 4.31 Å².